The first-order valence-electron chi connectivity index (χ1n) is 8.41. The molecule has 0 spiro atoms. The van der Waals surface area contributed by atoms with Gasteiger partial charge in [-0.05, 0) is 30.7 Å². The Morgan fingerprint density at radius 3 is 2.53 bits per heavy atom. The quantitative estimate of drug-likeness (QED) is 0.503. The number of pyridine rings is 1. The maximum atomic E-state index is 14.0. The molecule has 3 aromatic rings. The number of thiazole rings is 1. The highest BCUT2D eigenvalue weighted by Gasteiger charge is 2.32. The van der Waals surface area contributed by atoms with E-state index in [-0.39, 0.29) is 17.8 Å². The second-order valence-electron chi connectivity index (χ2n) is 6.21. The summed E-state index contributed by atoms with van der Waals surface area (Å²) >= 11 is 0.930. The summed E-state index contributed by atoms with van der Waals surface area (Å²) in [7, 11) is 0. The maximum absolute atomic E-state index is 14.0. The van der Waals surface area contributed by atoms with Gasteiger partial charge in [0.1, 0.15) is 5.82 Å². The van der Waals surface area contributed by atoms with Crippen LogP contribution >= 0.6 is 11.3 Å². The summed E-state index contributed by atoms with van der Waals surface area (Å²) in [4.78, 5) is 19.9. The van der Waals surface area contributed by atoms with Crippen LogP contribution in [0.25, 0.3) is 10.2 Å². The van der Waals surface area contributed by atoms with Crippen molar-refractivity contribution in [3.8, 4) is 0 Å². The molecule has 12 heteroatoms. The van der Waals surface area contributed by atoms with Crippen LogP contribution in [0.1, 0.15) is 28.8 Å². The Morgan fingerprint density at radius 1 is 1.13 bits per heavy atom. The molecule has 0 fully saturated rings. The van der Waals surface area contributed by atoms with E-state index in [0.717, 1.165) is 11.3 Å². The van der Waals surface area contributed by atoms with E-state index < -0.39 is 41.6 Å². The van der Waals surface area contributed by atoms with Gasteiger partial charge in [-0.25, -0.2) is 4.39 Å². The minimum Gasteiger partial charge on any atom is -0.315 e. The van der Waals surface area contributed by atoms with Crippen LogP contribution in [0.3, 0.4) is 0 Å². The van der Waals surface area contributed by atoms with Gasteiger partial charge in [0, 0.05) is 19.2 Å². The van der Waals surface area contributed by atoms with Gasteiger partial charge in [0.15, 0.2) is 4.80 Å². The number of alkyl halides is 6. The zero-order valence-electron chi connectivity index (χ0n) is 14.9. The lowest BCUT2D eigenvalue weighted by molar-refractivity contribution is -0.138. The number of carbonyl (C=O) groups is 1. The third-order valence-corrected chi connectivity index (χ3v) is 5.11. The van der Waals surface area contributed by atoms with Crippen LogP contribution in [0.2, 0.25) is 0 Å². The first-order valence-corrected chi connectivity index (χ1v) is 9.23. The Morgan fingerprint density at radius 2 is 1.87 bits per heavy atom. The molecular formula is C18H12F7N3OS. The van der Waals surface area contributed by atoms with Gasteiger partial charge in [-0.2, -0.15) is 31.3 Å². The molecule has 4 nitrogen and oxygen atoms in total. The number of fused-ring (bicyclic) bond motifs is 1. The average Bonchev–Trinajstić information content (AvgIpc) is 2.97. The highest BCUT2D eigenvalue weighted by molar-refractivity contribution is 7.16. The molecule has 1 amide bonds. The summed E-state index contributed by atoms with van der Waals surface area (Å²) in [6, 6.07) is 2.91. The van der Waals surface area contributed by atoms with Crippen molar-refractivity contribution in [2.45, 2.75) is 31.7 Å². The van der Waals surface area contributed by atoms with Crippen molar-refractivity contribution in [1.82, 2.24) is 9.55 Å². The number of hydrogen-bond acceptors (Lipinski definition) is 3. The number of aryl methyl sites for hydroxylation is 1. The molecule has 30 heavy (non-hydrogen) atoms. The fraction of sp³-hybridized carbons (Fsp3) is 0.278. The molecule has 0 saturated carbocycles. The van der Waals surface area contributed by atoms with Crippen LogP contribution in [0.15, 0.2) is 41.7 Å². The topological polar surface area (TPSA) is 47.2 Å². The van der Waals surface area contributed by atoms with Crippen molar-refractivity contribution in [3.05, 3.63) is 58.4 Å². The van der Waals surface area contributed by atoms with Crippen molar-refractivity contribution in [2.24, 2.45) is 4.99 Å². The van der Waals surface area contributed by atoms with Gasteiger partial charge in [0.2, 0.25) is 0 Å². The van der Waals surface area contributed by atoms with E-state index in [1.54, 1.807) is 6.07 Å². The second kappa shape index (κ2) is 8.17. The smallest absolute Gasteiger partial charge is 0.315 e. The maximum Gasteiger partial charge on any atom is 0.416 e. The molecule has 0 aliphatic carbocycles. The van der Waals surface area contributed by atoms with Gasteiger partial charge in [0.25, 0.3) is 5.91 Å². The molecule has 3 rings (SSSR count). The van der Waals surface area contributed by atoms with Crippen LogP contribution < -0.4 is 4.80 Å². The van der Waals surface area contributed by atoms with E-state index in [9.17, 15) is 35.5 Å². The van der Waals surface area contributed by atoms with Gasteiger partial charge >= 0.3 is 12.4 Å². The molecule has 1 aromatic carbocycles. The van der Waals surface area contributed by atoms with Gasteiger partial charge in [-0.3, -0.25) is 9.78 Å². The Bertz CT molecular complexity index is 1150. The Kier molecular flexibility index (Phi) is 5.97. The van der Waals surface area contributed by atoms with E-state index in [2.05, 4.69) is 9.98 Å². The highest BCUT2D eigenvalue weighted by Crippen LogP contribution is 2.30. The number of carbonyl (C=O) groups excluding carboxylic acids is 1. The molecule has 0 bridgehead atoms. The first-order chi connectivity index (χ1) is 14.0. The average molecular weight is 451 g/mol. The van der Waals surface area contributed by atoms with Gasteiger partial charge in [-0.15, -0.1) is 0 Å². The molecule has 2 heterocycles. The van der Waals surface area contributed by atoms with Crippen molar-refractivity contribution in [2.75, 3.05) is 0 Å². The SMILES string of the molecule is O=C(N=c1sc2ccncc2n1CCCC(F)(F)F)c1cc(C(F)(F)F)ccc1F. The van der Waals surface area contributed by atoms with Gasteiger partial charge in [0.05, 0.1) is 27.5 Å². The summed E-state index contributed by atoms with van der Waals surface area (Å²) in [5.41, 5.74) is -1.70. The standard InChI is InChI=1S/C18H12F7N3OS/c19-12-3-2-10(18(23,24)25)8-11(12)15(29)27-16-28(7-1-5-17(20,21)22)13-9-26-6-4-14(13)30-16/h2-4,6,8-9H,1,5,7H2. The van der Waals surface area contributed by atoms with Gasteiger partial charge < -0.3 is 4.57 Å². The molecular weight excluding hydrogens is 439 g/mol. The van der Waals surface area contributed by atoms with E-state index in [0.29, 0.717) is 28.4 Å². The van der Waals surface area contributed by atoms with Gasteiger partial charge in [-0.1, -0.05) is 11.3 Å². The summed E-state index contributed by atoms with van der Waals surface area (Å²) < 4.78 is 91.8. The minimum atomic E-state index is -4.79. The van der Waals surface area contributed by atoms with Crippen LogP contribution in [-0.2, 0) is 12.7 Å². The predicted octanol–water partition coefficient (Wildman–Crippen LogP) is 5.34. The van der Waals surface area contributed by atoms with E-state index in [4.69, 9.17) is 0 Å². The normalized spacial score (nSPS) is 13.2. The molecule has 0 radical (unpaired) electrons. The molecule has 0 aliphatic rings. The fourth-order valence-electron chi connectivity index (χ4n) is 2.67. The molecule has 0 saturated heterocycles. The van der Waals surface area contributed by atoms with Crippen LogP contribution in [0.4, 0.5) is 30.7 Å². The largest absolute Gasteiger partial charge is 0.416 e. The molecule has 0 aliphatic heterocycles. The number of hydrogen-bond donors (Lipinski definition) is 0. The number of rotatable bonds is 4. The Balaban J connectivity index is 2.03. The van der Waals surface area contributed by atoms with Crippen LogP contribution in [-0.4, -0.2) is 21.6 Å². The highest BCUT2D eigenvalue weighted by atomic mass is 32.1. The summed E-state index contributed by atoms with van der Waals surface area (Å²) in [5.74, 6) is -2.47. The van der Waals surface area contributed by atoms with Crippen LogP contribution in [0, 0.1) is 5.82 Å². The second-order valence-corrected chi connectivity index (χ2v) is 7.22. The number of halogens is 7. The first kappa shape index (κ1) is 21.9. The summed E-state index contributed by atoms with van der Waals surface area (Å²) in [6.07, 6.45) is -7.76. The third-order valence-electron chi connectivity index (χ3n) is 4.05. The number of amides is 1. The van der Waals surface area contributed by atoms with E-state index in [1.165, 1.54) is 17.0 Å². The van der Waals surface area contributed by atoms with Crippen molar-refractivity contribution in [1.29, 1.82) is 0 Å². The lowest BCUT2D eigenvalue weighted by atomic mass is 10.1. The van der Waals surface area contributed by atoms with Crippen LogP contribution in [0.5, 0.6) is 0 Å². The predicted molar refractivity (Wildman–Crippen MR) is 94.2 cm³/mol. The number of benzene rings is 1. The fourth-order valence-corrected chi connectivity index (χ4v) is 3.69. The van der Waals surface area contributed by atoms with Crippen molar-refractivity contribution in [3.63, 3.8) is 0 Å². The Hall–Kier alpha value is -2.76. The number of aromatic nitrogens is 2. The lowest BCUT2D eigenvalue weighted by Gasteiger charge is -2.08. The molecule has 0 unspecified atom stereocenters. The third kappa shape index (κ3) is 5.04. The van der Waals surface area contributed by atoms with Crippen molar-refractivity contribution < 1.29 is 35.5 Å². The monoisotopic (exact) mass is 451 g/mol. The molecule has 0 atom stereocenters. The van der Waals surface area contributed by atoms with Crippen molar-refractivity contribution >= 4 is 27.5 Å². The molecule has 0 N–H and O–H groups in total. The molecule has 2 aromatic heterocycles. The number of nitrogens with zero attached hydrogens (tertiary/aromatic N) is 3. The summed E-state index contributed by atoms with van der Waals surface area (Å²) in [5, 5.41) is 0. The zero-order valence-corrected chi connectivity index (χ0v) is 15.7. The minimum absolute atomic E-state index is 0.0676. The summed E-state index contributed by atoms with van der Waals surface area (Å²) in [6.45, 7) is -0.164. The lowest BCUT2D eigenvalue weighted by Crippen LogP contribution is -2.19. The van der Waals surface area contributed by atoms with E-state index >= 15 is 0 Å². The Labute approximate surface area is 168 Å². The zero-order chi connectivity index (χ0) is 22.1. The van der Waals surface area contributed by atoms with E-state index in [1.807, 2.05) is 0 Å². The molecule has 160 valence electrons.